The van der Waals surface area contributed by atoms with Crippen molar-refractivity contribution in [2.75, 3.05) is 36.5 Å². The van der Waals surface area contributed by atoms with Crippen molar-refractivity contribution in [1.82, 2.24) is 14.8 Å². The van der Waals surface area contributed by atoms with Gasteiger partial charge in [0.25, 0.3) is 0 Å². The van der Waals surface area contributed by atoms with Gasteiger partial charge in [-0.1, -0.05) is 11.8 Å². The zero-order valence-electron chi connectivity index (χ0n) is 15.1. The minimum Gasteiger partial charge on any atom is -0.378 e. The van der Waals surface area contributed by atoms with Crippen LogP contribution in [-0.4, -0.2) is 52.2 Å². The Morgan fingerprint density at radius 3 is 2.74 bits per heavy atom. The molecule has 0 bridgehead atoms. The SMILES string of the molecule is CCn1c(SC(C)C(=O)Nc2ccc(F)cc2F)nnc1N1CCOCC1. The van der Waals surface area contributed by atoms with Crippen molar-refractivity contribution in [2.45, 2.75) is 30.8 Å². The van der Waals surface area contributed by atoms with E-state index in [0.717, 1.165) is 31.2 Å². The number of nitrogens with one attached hydrogen (secondary N) is 1. The van der Waals surface area contributed by atoms with Crippen molar-refractivity contribution >= 4 is 29.3 Å². The minimum absolute atomic E-state index is 0.0557. The third-order valence-corrected chi connectivity index (χ3v) is 5.23. The van der Waals surface area contributed by atoms with Gasteiger partial charge < -0.3 is 15.0 Å². The van der Waals surface area contributed by atoms with Crippen LogP contribution in [0.2, 0.25) is 0 Å². The van der Waals surface area contributed by atoms with E-state index in [1.807, 2.05) is 11.5 Å². The molecule has 1 aliphatic heterocycles. The summed E-state index contributed by atoms with van der Waals surface area (Å²) in [5.74, 6) is -1.16. The fourth-order valence-electron chi connectivity index (χ4n) is 2.68. The van der Waals surface area contributed by atoms with Crippen molar-refractivity contribution in [3.05, 3.63) is 29.8 Å². The maximum absolute atomic E-state index is 13.7. The van der Waals surface area contributed by atoms with Crippen molar-refractivity contribution in [3.8, 4) is 0 Å². The van der Waals surface area contributed by atoms with Crippen LogP contribution >= 0.6 is 11.8 Å². The van der Waals surface area contributed by atoms with Gasteiger partial charge in [-0.3, -0.25) is 9.36 Å². The Labute approximate surface area is 160 Å². The number of ether oxygens (including phenoxy) is 1. The molecular weight excluding hydrogens is 376 g/mol. The third kappa shape index (κ3) is 4.56. The quantitative estimate of drug-likeness (QED) is 0.756. The Bertz CT molecular complexity index is 811. The van der Waals surface area contributed by atoms with Crippen molar-refractivity contribution in [3.63, 3.8) is 0 Å². The number of aromatic nitrogens is 3. The summed E-state index contributed by atoms with van der Waals surface area (Å²) >= 11 is 1.24. The lowest BCUT2D eigenvalue weighted by atomic mass is 10.3. The first-order chi connectivity index (χ1) is 13.0. The maximum Gasteiger partial charge on any atom is 0.237 e. The Morgan fingerprint density at radius 2 is 2.07 bits per heavy atom. The van der Waals surface area contributed by atoms with Crippen LogP contribution in [0.25, 0.3) is 0 Å². The van der Waals surface area contributed by atoms with Crippen LogP contribution in [0.5, 0.6) is 0 Å². The second-order valence-corrected chi connectivity index (χ2v) is 7.31. The van der Waals surface area contributed by atoms with Crippen LogP contribution < -0.4 is 10.2 Å². The van der Waals surface area contributed by atoms with E-state index in [2.05, 4.69) is 20.4 Å². The smallest absolute Gasteiger partial charge is 0.237 e. The molecule has 146 valence electrons. The number of thioether (sulfide) groups is 1. The standard InChI is InChI=1S/C17H21F2N5O2S/c1-3-24-16(23-6-8-26-9-7-23)21-22-17(24)27-11(2)15(25)20-14-5-4-12(18)10-13(14)19/h4-5,10-11H,3,6-9H2,1-2H3,(H,20,25). The van der Waals surface area contributed by atoms with E-state index in [4.69, 9.17) is 4.74 Å². The summed E-state index contributed by atoms with van der Waals surface area (Å²) in [7, 11) is 0. The molecule has 2 aromatic rings. The highest BCUT2D eigenvalue weighted by Gasteiger charge is 2.23. The molecule has 1 unspecified atom stereocenters. The predicted octanol–water partition coefficient (Wildman–Crippen LogP) is 2.53. The first kappa shape index (κ1) is 19.6. The number of nitrogens with zero attached hydrogens (tertiary/aromatic N) is 4. The number of morpholine rings is 1. The van der Waals surface area contributed by atoms with Crippen molar-refractivity contribution in [1.29, 1.82) is 0 Å². The molecule has 0 aliphatic carbocycles. The molecule has 0 saturated carbocycles. The first-order valence-corrected chi connectivity index (χ1v) is 9.56. The highest BCUT2D eigenvalue weighted by Crippen LogP contribution is 2.27. The second-order valence-electron chi connectivity index (χ2n) is 6.00. The Morgan fingerprint density at radius 1 is 1.33 bits per heavy atom. The Hall–Kier alpha value is -2.20. The molecule has 1 amide bonds. The van der Waals surface area contributed by atoms with Gasteiger partial charge >= 0.3 is 0 Å². The fraction of sp³-hybridized carbons (Fsp3) is 0.471. The van der Waals surface area contributed by atoms with Crippen molar-refractivity contribution < 1.29 is 18.3 Å². The number of benzene rings is 1. The maximum atomic E-state index is 13.7. The highest BCUT2D eigenvalue weighted by atomic mass is 32.2. The predicted molar refractivity (Wildman–Crippen MR) is 99.0 cm³/mol. The Balaban J connectivity index is 1.68. The molecule has 0 radical (unpaired) electrons. The monoisotopic (exact) mass is 397 g/mol. The largest absolute Gasteiger partial charge is 0.378 e. The van der Waals surface area contributed by atoms with E-state index in [1.54, 1.807) is 6.92 Å². The number of halogens is 2. The number of anilines is 2. The summed E-state index contributed by atoms with van der Waals surface area (Å²) in [5, 5.41) is 11.0. The number of rotatable bonds is 6. The van der Waals surface area contributed by atoms with Crippen LogP contribution in [0.4, 0.5) is 20.4 Å². The normalized spacial score (nSPS) is 15.6. The number of hydrogen-bond donors (Lipinski definition) is 1. The molecule has 2 heterocycles. The molecule has 1 aromatic carbocycles. The number of carbonyl (C=O) groups excluding carboxylic acids is 1. The Kier molecular flexibility index (Phi) is 6.27. The van der Waals surface area contributed by atoms with Gasteiger partial charge in [0.2, 0.25) is 11.9 Å². The molecule has 10 heteroatoms. The summed E-state index contributed by atoms with van der Waals surface area (Å²) in [5.41, 5.74) is -0.0557. The van der Waals surface area contributed by atoms with Crippen LogP contribution in [0.1, 0.15) is 13.8 Å². The molecule has 1 aliphatic rings. The van der Waals surface area contributed by atoms with Gasteiger partial charge in [-0.2, -0.15) is 0 Å². The lowest BCUT2D eigenvalue weighted by Crippen LogP contribution is -2.38. The summed E-state index contributed by atoms with van der Waals surface area (Å²) < 4.78 is 34.0. The number of carbonyl (C=O) groups is 1. The lowest BCUT2D eigenvalue weighted by Gasteiger charge is -2.27. The van der Waals surface area contributed by atoms with Gasteiger partial charge in [-0.05, 0) is 26.0 Å². The molecule has 1 fully saturated rings. The molecule has 3 rings (SSSR count). The zero-order valence-corrected chi connectivity index (χ0v) is 15.9. The van der Waals surface area contributed by atoms with E-state index in [-0.39, 0.29) is 5.69 Å². The molecule has 1 N–H and O–H groups in total. The van der Waals surface area contributed by atoms with E-state index in [0.29, 0.717) is 24.9 Å². The van der Waals surface area contributed by atoms with Crippen molar-refractivity contribution in [2.24, 2.45) is 0 Å². The first-order valence-electron chi connectivity index (χ1n) is 8.68. The topological polar surface area (TPSA) is 72.3 Å². The molecule has 7 nitrogen and oxygen atoms in total. The zero-order chi connectivity index (χ0) is 19.4. The van der Waals surface area contributed by atoms with Gasteiger partial charge in [0.05, 0.1) is 24.2 Å². The molecular formula is C17H21F2N5O2S. The van der Waals surface area contributed by atoms with Crippen LogP contribution in [0.3, 0.4) is 0 Å². The molecule has 1 aromatic heterocycles. The summed E-state index contributed by atoms with van der Waals surface area (Å²) in [4.78, 5) is 14.5. The molecule has 1 saturated heterocycles. The molecule has 1 atom stereocenters. The summed E-state index contributed by atoms with van der Waals surface area (Å²) in [6, 6.07) is 3.03. The van der Waals surface area contributed by atoms with Gasteiger partial charge in [0.1, 0.15) is 11.6 Å². The third-order valence-electron chi connectivity index (χ3n) is 4.15. The fourth-order valence-corrected chi connectivity index (χ4v) is 3.59. The van der Waals surface area contributed by atoms with Gasteiger partial charge in [0, 0.05) is 25.7 Å². The van der Waals surface area contributed by atoms with Crippen LogP contribution in [-0.2, 0) is 16.1 Å². The lowest BCUT2D eigenvalue weighted by molar-refractivity contribution is -0.115. The van der Waals surface area contributed by atoms with Crippen LogP contribution in [0.15, 0.2) is 23.4 Å². The highest BCUT2D eigenvalue weighted by molar-refractivity contribution is 8.00. The number of hydrogen-bond acceptors (Lipinski definition) is 6. The van der Waals surface area contributed by atoms with E-state index < -0.39 is 22.8 Å². The molecule has 27 heavy (non-hydrogen) atoms. The van der Waals surface area contributed by atoms with Gasteiger partial charge in [0.15, 0.2) is 5.16 Å². The van der Waals surface area contributed by atoms with E-state index in [1.165, 1.54) is 17.8 Å². The average molecular weight is 397 g/mol. The number of amides is 1. The van der Waals surface area contributed by atoms with Gasteiger partial charge in [-0.15, -0.1) is 10.2 Å². The second kappa shape index (κ2) is 8.66. The van der Waals surface area contributed by atoms with E-state index >= 15 is 0 Å². The minimum atomic E-state index is -0.813. The van der Waals surface area contributed by atoms with Crippen LogP contribution in [0, 0.1) is 11.6 Å². The summed E-state index contributed by atoms with van der Waals surface area (Å²) in [6.07, 6.45) is 0. The summed E-state index contributed by atoms with van der Waals surface area (Å²) in [6.45, 7) is 7.09. The average Bonchev–Trinajstić information content (AvgIpc) is 3.07. The molecule has 0 spiro atoms. The van der Waals surface area contributed by atoms with E-state index in [9.17, 15) is 13.6 Å². The van der Waals surface area contributed by atoms with Gasteiger partial charge in [-0.25, -0.2) is 8.78 Å².